The number of ether oxygens (including phenoxy) is 1. The molecule has 6 nitrogen and oxygen atoms in total. The molecule has 1 aliphatic heterocycles. The Morgan fingerprint density at radius 1 is 1.31 bits per heavy atom. The van der Waals surface area contributed by atoms with E-state index in [2.05, 4.69) is 9.71 Å². The zero-order valence-electron chi connectivity index (χ0n) is 14.0. The number of nitrogens with zero attached hydrogens (tertiary/aromatic N) is 1. The molecule has 0 radical (unpaired) electrons. The van der Waals surface area contributed by atoms with Crippen molar-refractivity contribution in [3.8, 4) is 0 Å². The van der Waals surface area contributed by atoms with Gasteiger partial charge in [-0.3, -0.25) is 4.79 Å². The van der Waals surface area contributed by atoms with Crippen LogP contribution in [-0.2, 0) is 21.2 Å². The van der Waals surface area contributed by atoms with Crippen LogP contribution < -0.4 is 4.72 Å². The Hall–Kier alpha value is -1.84. The summed E-state index contributed by atoms with van der Waals surface area (Å²) >= 11 is 1.25. The summed E-state index contributed by atoms with van der Waals surface area (Å²) in [7, 11) is -3.78. The molecule has 26 heavy (non-hydrogen) atoms. The molecule has 1 aliphatic rings. The van der Waals surface area contributed by atoms with Crippen LogP contribution in [0.2, 0.25) is 0 Å². The van der Waals surface area contributed by atoms with Crippen molar-refractivity contribution in [2.75, 3.05) is 12.4 Å². The van der Waals surface area contributed by atoms with Crippen molar-refractivity contribution in [3.63, 3.8) is 0 Å². The number of thiazole rings is 1. The number of hydrogen-bond donors (Lipinski definition) is 1. The Morgan fingerprint density at radius 2 is 2.08 bits per heavy atom. The average Bonchev–Trinajstić information content (AvgIpc) is 3.06. The second-order valence-electron chi connectivity index (χ2n) is 6.13. The summed E-state index contributed by atoms with van der Waals surface area (Å²) in [6.07, 6.45) is 2.60. The van der Waals surface area contributed by atoms with Crippen LogP contribution in [0.15, 0.2) is 29.6 Å². The zero-order chi connectivity index (χ0) is 18.6. The van der Waals surface area contributed by atoms with E-state index in [0.29, 0.717) is 24.5 Å². The number of benzene rings is 1. The number of aromatic nitrogens is 1. The molecular formula is C17H19FN2O4S2. The quantitative estimate of drug-likeness (QED) is 0.808. The lowest BCUT2D eigenvalue weighted by Gasteiger charge is -2.22. The van der Waals surface area contributed by atoms with E-state index in [0.717, 1.165) is 18.4 Å². The molecule has 1 amide bonds. The normalized spacial score (nSPS) is 17.8. The van der Waals surface area contributed by atoms with Crippen molar-refractivity contribution in [2.45, 2.75) is 31.8 Å². The molecule has 1 aromatic carbocycles. The molecule has 0 bridgehead atoms. The maximum absolute atomic E-state index is 12.9. The molecule has 0 saturated carbocycles. The minimum absolute atomic E-state index is 0.0558. The van der Waals surface area contributed by atoms with E-state index in [9.17, 15) is 17.6 Å². The second kappa shape index (κ2) is 8.24. The lowest BCUT2D eigenvalue weighted by atomic mass is 10.1. The number of rotatable bonds is 6. The molecular weight excluding hydrogens is 379 g/mol. The number of hydrogen-bond acceptors (Lipinski definition) is 6. The van der Waals surface area contributed by atoms with Gasteiger partial charge in [0.1, 0.15) is 11.5 Å². The van der Waals surface area contributed by atoms with Gasteiger partial charge in [0.2, 0.25) is 10.0 Å². The lowest BCUT2D eigenvalue weighted by Crippen LogP contribution is -2.38. The van der Waals surface area contributed by atoms with Crippen molar-refractivity contribution in [3.05, 3.63) is 51.7 Å². The number of carbonyl (C=O) groups is 1. The molecule has 1 saturated heterocycles. The van der Waals surface area contributed by atoms with Crippen LogP contribution in [0.25, 0.3) is 0 Å². The number of halogens is 1. The van der Waals surface area contributed by atoms with Crippen LogP contribution in [0, 0.1) is 5.82 Å². The van der Waals surface area contributed by atoms with Crippen LogP contribution >= 0.6 is 11.3 Å². The highest BCUT2D eigenvalue weighted by Crippen LogP contribution is 2.17. The van der Waals surface area contributed by atoms with Crippen molar-refractivity contribution in [2.24, 2.45) is 0 Å². The molecule has 1 fully saturated rings. The van der Waals surface area contributed by atoms with E-state index in [-0.39, 0.29) is 23.4 Å². The number of carbonyl (C=O) groups excluding carboxylic acids is 1. The van der Waals surface area contributed by atoms with Gasteiger partial charge in [0.05, 0.1) is 16.9 Å². The Morgan fingerprint density at radius 3 is 2.77 bits per heavy atom. The third-order valence-electron chi connectivity index (χ3n) is 3.98. The zero-order valence-corrected chi connectivity index (χ0v) is 15.6. The van der Waals surface area contributed by atoms with Gasteiger partial charge < -0.3 is 4.74 Å². The molecule has 0 aliphatic carbocycles. The number of nitrogens with one attached hydrogen (secondary N) is 1. The fourth-order valence-electron chi connectivity index (χ4n) is 2.69. The van der Waals surface area contributed by atoms with Crippen LogP contribution in [-0.4, -0.2) is 37.8 Å². The van der Waals surface area contributed by atoms with Crippen molar-refractivity contribution in [1.29, 1.82) is 0 Å². The van der Waals surface area contributed by atoms with Crippen LogP contribution in [0.1, 0.15) is 40.3 Å². The molecule has 3 rings (SSSR count). The van der Waals surface area contributed by atoms with Gasteiger partial charge in [0, 0.05) is 18.4 Å². The highest BCUT2D eigenvalue weighted by molar-refractivity contribution is 7.90. The standard InChI is InChI=1S/C17H19FN2O4S2/c18-13-6-4-12(5-7-13)9-16-19-15(10-25-16)17(21)20-26(22,23)11-14-3-1-2-8-24-14/h4-7,10,14H,1-3,8-9,11H2,(H,20,21)/t14-/m0/s1. The predicted octanol–water partition coefficient (Wildman–Crippen LogP) is 2.50. The van der Waals surface area contributed by atoms with Crippen molar-refractivity contribution in [1.82, 2.24) is 9.71 Å². The first kappa shape index (κ1) is 18.9. The molecule has 2 aromatic rings. The monoisotopic (exact) mass is 398 g/mol. The van der Waals surface area contributed by atoms with Gasteiger partial charge >= 0.3 is 0 Å². The second-order valence-corrected chi connectivity index (χ2v) is 8.84. The summed E-state index contributed by atoms with van der Waals surface area (Å²) in [6, 6.07) is 6.00. The van der Waals surface area contributed by atoms with Gasteiger partial charge in [-0.15, -0.1) is 11.3 Å². The van der Waals surface area contributed by atoms with Crippen LogP contribution in [0.3, 0.4) is 0 Å². The molecule has 1 atom stereocenters. The molecule has 0 spiro atoms. The first-order valence-electron chi connectivity index (χ1n) is 8.26. The summed E-state index contributed by atoms with van der Waals surface area (Å²) < 4.78 is 44.7. The number of sulfonamides is 1. The molecule has 1 N–H and O–H groups in total. The minimum Gasteiger partial charge on any atom is -0.377 e. The lowest BCUT2D eigenvalue weighted by molar-refractivity contribution is 0.0304. The van der Waals surface area contributed by atoms with Gasteiger partial charge in [-0.2, -0.15) is 0 Å². The Labute approximate surface area is 155 Å². The summed E-state index contributed by atoms with van der Waals surface area (Å²) in [5, 5.41) is 2.16. The van der Waals surface area contributed by atoms with Gasteiger partial charge in [0.25, 0.3) is 5.91 Å². The molecule has 1 aromatic heterocycles. The summed E-state index contributed by atoms with van der Waals surface area (Å²) in [5.41, 5.74) is 0.912. The fourth-order valence-corrected chi connectivity index (χ4v) is 4.72. The molecule has 9 heteroatoms. The first-order valence-corrected chi connectivity index (χ1v) is 10.8. The smallest absolute Gasteiger partial charge is 0.284 e. The third kappa shape index (κ3) is 5.33. The first-order chi connectivity index (χ1) is 12.4. The van der Waals surface area contributed by atoms with E-state index < -0.39 is 15.9 Å². The minimum atomic E-state index is -3.78. The van der Waals surface area contributed by atoms with E-state index in [1.807, 2.05) is 0 Å². The molecule has 140 valence electrons. The Balaban J connectivity index is 1.59. The highest BCUT2D eigenvalue weighted by atomic mass is 32.2. The summed E-state index contributed by atoms with van der Waals surface area (Å²) in [4.78, 5) is 16.4. The predicted molar refractivity (Wildman–Crippen MR) is 96.2 cm³/mol. The summed E-state index contributed by atoms with van der Waals surface area (Å²) in [5.74, 6) is -1.30. The summed E-state index contributed by atoms with van der Waals surface area (Å²) in [6.45, 7) is 0.549. The Kier molecular flexibility index (Phi) is 6.00. The topological polar surface area (TPSA) is 85.4 Å². The van der Waals surface area contributed by atoms with E-state index in [4.69, 9.17) is 4.74 Å². The highest BCUT2D eigenvalue weighted by Gasteiger charge is 2.25. The van der Waals surface area contributed by atoms with E-state index >= 15 is 0 Å². The average molecular weight is 398 g/mol. The van der Waals surface area contributed by atoms with Crippen LogP contribution in [0.5, 0.6) is 0 Å². The SMILES string of the molecule is O=C(NS(=O)(=O)C[C@@H]1CCCCO1)c1csc(Cc2ccc(F)cc2)n1. The fraction of sp³-hybridized carbons (Fsp3) is 0.412. The largest absolute Gasteiger partial charge is 0.377 e. The maximum atomic E-state index is 12.9. The van der Waals surface area contributed by atoms with E-state index in [1.54, 1.807) is 12.1 Å². The van der Waals surface area contributed by atoms with E-state index in [1.165, 1.54) is 28.8 Å². The van der Waals surface area contributed by atoms with Gasteiger partial charge in [-0.05, 0) is 37.0 Å². The van der Waals surface area contributed by atoms with Gasteiger partial charge in [-0.1, -0.05) is 12.1 Å². The van der Waals surface area contributed by atoms with Gasteiger partial charge in [-0.25, -0.2) is 22.5 Å². The molecule has 2 heterocycles. The van der Waals surface area contributed by atoms with Crippen molar-refractivity contribution >= 4 is 27.3 Å². The maximum Gasteiger partial charge on any atom is 0.284 e. The van der Waals surface area contributed by atoms with Crippen molar-refractivity contribution < 1.29 is 22.3 Å². The third-order valence-corrected chi connectivity index (χ3v) is 6.14. The van der Waals surface area contributed by atoms with Gasteiger partial charge in [0.15, 0.2) is 0 Å². The number of amides is 1. The Bertz CT molecular complexity index is 859. The van der Waals surface area contributed by atoms with Crippen LogP contribution in [0.4, 0.5) is 4.39 Å². The molecule has 0 unspecified atom stereocenters.